The van der Waals surface area contributed by atoms with Crippen LogP contribution in [0.2, 0.25) is 5.02 Å². The Bertz CT molecular complexity index is 1430. The van der Waals surface area contributed by atoms with Gasteiger partial charge in [0.05, 0.1) is 22.0 Å². The fourth-order valence-electron chi connectivity index (χ4n) is 4.22. The average Bonchev–Trinajstić information content (AvgIpc) is 3.17. The topological polar surface area (TPSA) is 69.6 Å². The molecular weight excluding hydrogens is 426 g/mol. The molecule has 0 fully saturated rings. The molecule has 3 aromatic heterocycles. The summed E-state index contributed by atoms with van der Waals surface area (Å²) >= 11 is 6.03. The van der Waals surface area contributed by atoms with Crippen LogP contribution in [0.4, 0.5) is 8.78 Å². The lowest BCUT2D eigenvalue weighted by molar-refractivity contribution is 0.0723. The number of hydrogen-bond donors (Lipinski definition) is 2. The Kier molecular flexibility index (Phi) is 4.56. The first kappa shape index (κ1) is 19.7. The second-order valence-electron chi connectivity index (χ2n) is 7.63. The van der Waals surface area contributed by atoms with Crippen LogP contribution in [0.5, 0.6) is 0 Å². The Hall–Kier alpha value is -3.23. The molecule has 31 heavy (non-hydrogen) atoms. The van der Waals surface area contributed by atoms with Gasteiger partial charge in [-0.15, -0.1) is 0 Å². The highest BCUT2D eigenvalue weighted by Gasteiger charge is 2.31. The second kappa shape index (κ2) is 7.18. The van der Waals surface area contributed by atoms with Crippen molar-refractivity contribution in [3.05, 3.63) is 86.6 Å². The molecule has 2 N–H and O–H groups in total. The molecule has 0 saturated carbocycles. The summed E-state index contributed by atoms with van der Waals surface area (Å²) in [5.74, 6) is -2.38. The molecule has 1 aliphatic rings. The predicted molar refractivity (Wildman–Crippen MR) is 113 cm³/mol. The average molecular weight is 443 g/mol. The lowest BCUT2D eigenvalue weighted by Crippen LogP contribution is -2.42. The van der Waals surface area contributed by atoms with Gasteiger partial charge in [0.15, 0.2) is 11.6 Å². The number of H-pyrrole nitrogens is 1. The van der Waals surface area contributed by atoms with Gasteiger partial charge in [-0.2, -0.15) is 0 Å². The molecule has 5 rings (SSSR count). The van der Waals surface area contributed by atoms with Crippen LogP contribution in [-0.4, -0.2) is 33.8 Å². The third kappa shape index (κ3) is 3.19. The van der Waals surface area contributed by atoms with Crippen molar-refractivity contribution in [2.24, 2.45) is 0 Å². The number of carbonyl (C=O) groups excluding carboxylic acids is 1. The van der Waals surface area contributed by atoms with Crippen molar-refractivity contribution in [2.75, 3.05) is 13.6 Å². The number of rotatable bonds is 2. The third-order valence-electron chi connectivity index (χ3n) is 5.75. The van der Waals surface area contributed by atoms with Crippen LogP contribution in [0.1, 0.15) is 27.7 Å². The molecule has 1 atom stereocenters. The molecule has 1 amide bonds. The van der Waals surface area contributed by atoms with Crippen molar-refractivity contribution in [1.29, 1.82) is 0 Å². The number of benzene rings is 1. The molecule has 6 nitrogen and oxygen atoms in total. The maximum atomic E-state index is 14.1. The largest absolute Gasteiger partial charge is 0.333 e. The number of pyridine rings is 2. The number of hydrogen-bond acceptors (Lipinski definition) is 3. The molecule has 1 aliphatic heterocycles. The minimum atomic E-state index is -1.09. The summed E-state index contributed by atoms with van der Waals surface area (Å²) in [5, 5.41) is 4.08. The summed E-state index contributed by atoms with van der Waals surface area (Å²) in [6, 6.07) is 6.75. The number of aromatic nitrogens is 2. The van der Waals surface area contributed by atoms with Crippen molar-refractivity contribution in [1.82, 2.24) is 19.6 Å². The third-order valence-corrected chi connectivity index (χ3v) is 5.97. The Morgan fingerprint density at radius 2 is 1.90 bits per heavy atom. The van der Waals surface area contributed by atoms with Crippen LogP contribution in [0, 0.1) is 11.6 Å². The summed E-state index contributed by atoms with van der Waals surface area (Å²) in [4.78, 5) is 30.0. The zero-order chi connectivity index (χ0) is 21.9. The first-order valence-electron chi connectivity index (χ1n) is 9.62. The van der Waals surface area contributed by atoms with Crippen molar-refractivity contribution in [3.8, 4) is 0 Å². The Balaban J connectivity index is 1.61. The lowest BCUT2D eigenvalue weighted by Gasteiger charge is -2.34. The fourth-order valence-corrected chi connectivity index (χ4v) is 4.39. The number of fused-ring (bicyclic) bond motifs is 4. The molecule has 0 bridgehead atoms. The second-order valence-corrected chi connectivity index (χ2v) is 8.07. The highest BCUT2D eigenvalue weighted by Crippen LogP contribution is 2.32. The van der Waals surface area contributed by atoms with Gasteiger partial charge in [-0.3, -0.25) is 9.59 Å². The Morgan fingerprint density at radius 1 is 1.16 bits per heavy atom. The van der Waals surface area contributed by atoms with Crippen LogP contribution < -0.4 is 10.9 Å². The van der Waals surface area contributed by atoms with Gasteiger partial charge in [-0.25, -0.2) is 8.78 Å². The molecule has 0 radical (unpaired) electrons. The summed E-state index contributed by atoms with van der Waals surface area (Å²) in [6.45, 7) is 0.751. The Labute approximate surface area is 180 Å². The van der Waals surface area contributed by atoms with E-state index in [4.69, 9.17) is 11.6 Å². The van der Waals surface area contributed by atoms with Crippen LogP contribution in [0.15, 0.2) is 47.5 Å². The summed E-state index contributed by atoms with van der Waals surface area (Å²) in [6.07, 6.45) is 3.40. The molecule has 0 spiro atoms. The lowest BCUT2D eigenvalue weighted by atomic mass is 9.93. The first-order chi connectivity index (χ1) is 14.8. The molecule has 4 aromatic rings. The van der Waals surface area contributed by atoms with Crippen LogP contribution >= 0.6 is 11.6 Å². The smallest absolute Gasteiger partial charge is 0.256 e. The highest BCUT2D eigenvalue weighted by molar-refractivity contribution is 6.30. The van der Waals surface area contributed by atoms with E-state index >= 15 is 0 Å². The molecular formula is C22H17ClF2N4O2. The van der Waals surface area contributed by atoms with E-state index in [0.717, 1.165) is 17.6 Å². The SMILES string of the molecule is CN(C(=O)c1cc2ccc(Cl)cn2c1)C1CNCc2[nH]c(=O)c3cc(F)c(F)cc3c21. The van der Waals surface area contributed by atoms with E-state index in [1.165, 1.54) is 0 Å². The van der Waals surface area contributed by atoms with Crippen molar-refractivity contribution in [2.45, 2.75) is 12.6 Å². The molecule has 9 heteroatoms. The molecule has 1 unspecified atom stereocenters. The van der Waals surface area contributed by atoms with Crippen molar-refractivity contribution < 1.29 is 13.6 Å². The van der Waals surface area contributed by atoms with Gasteiger partial charge in [0, 0.05) is 49.3 Å². The van der Waals surface area contributed by atoms with Gasteiger partial charge >= 0.3 is 0 Å². The summed E-state index contributed by atoms with van der Waals surface area (Å²) < 4.78 is 29.6. The van der Waals surface area contributed by atoms with Crippen LogP contribution in [-0.2, 0) is 6.54 Å². The monoisotopic (exact) mass is 442 g/mol. The van der Waals surface area contributed by atoms with Gasteiger partial charge in [-0.05, 0) is 35.7 Å². The quantitative estimate of drug-likeness (QED) is 0.498. The van der Waals surface area contributed by atoms with E-state index in [1.54, 1.807) is 40.9 Å². The summed E-state index contributed by atoms with van der Waals surface area (Å²) in [7, 11) is 1.65. The van der Waals surface area contributed by atoms with Gasteiger partial charge in [0.25, 0.3) is 11.5 Å². The summed E-state index contributed by atoms with van der Waals surface area (Å²) in [5.41, 5.74) is 1.93. The molecule has 4 heterocycles. The number of halogens is 3. The van der Waals surface area contributed by atoms with E-state index in [-0.39, 0.29) is 11.3 Å². The highest BCUT2D eigenvalue weighted by atomic mass is 35.5. The van der Waals surface area contributed by atoms with E-state index in [0.29, 0.717) is 40.3 Å². The Morgan fingerprint density at radius 3 is 2.68 bits per heavy atom. The minimum absolute atomic E-state index is 0.0506. The first-order valence-corrected chi connectivity index (χ1v) is 10.00. The molecule has 0 saturated heterocycles. The zero-order valence-corrected chi connectivity index (χ0v) is 17.1. The van der Waals surface area contributed by atoms with Gasteiger partial charge < -0.3 is 19.6 Å². The number of nitrogens with zero attached hydrogens (tertiary/aromatic N) is 2. The van der Waals surface area contributed by atoms with Gasteiger partial charge in [0.1, 0.15) is 0 Å². The predicted octanol–water partition coefficient (Wildman–Crippen LogP) is 3.63. The van der Waals surface area contributed by atoms with Crippen LogP contribution in [0.25, 0.3) is 16.3 Å². The standard InChI is InChI=1S/C22H17ClF2N4O2/c1-28(22(31)11-4-13-3-2-12(23)10-29(13)9-11)19-8-26-7-18-20(19)14-5-16(24)17(25)6-15(14)21(30)27-18/h2-6,9-10,19,26H,7-8H2,1H3,(H,27,30). The van der Waals surface area contributed by atoms with E-state index in [2.05, 4.69) is 10.3 Å². The van der Waals surface area contributed by atoms with Gasteiger partial charge in [0.2, 0.25) is 0 Å². The molecule has 1 aromatic carbocycles. The van der Waals surface area contributed by atoms with E-state index in [9.17, 15) is 18.4 Å². The van der Waals surface area contributed by atoms with E-state index in [1.807, 2.05) is 6.07 Å². The number of likely N-dealkylation sites (N-methyl/N-ethyl adjacent to an activating group) is 1. The number of aromatic amines is 1. The normalized spacial score (nSPS) is 15.9. The van der Waals surface area contributed by atoms with Gasteiger partial charge in [-0.1, -0.05) is 11.6 Å². The van der Waals surface area contributed by atoms with Crippen molar-refractivity contribution >= 4 is 33.8 Å². The number of carbonyl (C=O) groups is 1. The van der Waals surface area contributed by atoms with Crippen LogP contribution in [0.3, 0.4) is 0 Å². The minimum Gasteiger partial charge on any atom is -0.333 e. The fraction of sp³-hybridized carbons (Fsp3) is 0.182. The molecule has 0 aliphatic carbocycles. The van der Waals surface area contributed by atoms with E-state index < -0.39 is 23.2 Å². The maximum Gasteiger partial charge on any atom is 0.256 e. The zero-order valence-electron chi connectivity index (χ0n) is 16.4. The number of amides is 1. The maximum absolute atomic E-state index is 14.1. The molecule has 158 valence electrons. The van der Waals surface area contributed by atoms with Crippen molar-refractivity contribution in [3.63, 3.8) is 0 Å². The number of nitrogens with one attached hydrogen (secondary N) is 2.